The summed E-state index contributed by atoms with van der Waals surface area (Å²) in [5.41, 5.74) is 0.422. The molecule has 8 heteroatoms. The smallest absolute Gasteiger partial charge is 0.248 e. The largest absolute Gasteiger partial charge is 0.389 e. The molecule has 2 saturated heterocycles. The summed E-state index contributed by atoms with van der Waals surface area (Å²) in [6.45, 7) is 3.71. The summed E-state index contributed by atoms with van der Waals surface area (Å²) in [7, 11) is 1.53. The van der Waals surface area contributed by atoms with Crippen molar-refractivity contribution in [2.45, 2.75) is 30.1 Å². The molecular formula is C17H26N4O3S. The van der Waals surface area contributed by atoms with Crippen LogP contribution >= 0.6 is 11.8 Å². The summed E-state index contributed by atoms with van der Waals surface area (Å²) in [6.07, 6.45) is 7.09. The number of piperidine rings is 2. The van der Waals surface area contributed by atoms with E-state index in [1.807, 2.05) is 23.5 Å². The second kappa shape index (κ2) is 7.99. The normalized spacial score (nSPS) is 27.2. The lowest BCUT2D eigenvalue weighted by atomic mass is 9.75. The molecule has 2 fully saturated rings. The second-order valence-electron chi connectivity index (χ2n) is 6.89. The van der Waals surface area contributed by atoms with E-state index in [9.17, 15) is 9.90 Å². The molecule has 1 aromatic heterocycles. The van der Waals surface area contributed by atoms with Crippen LogP contribution in [0, 0.1) is 5.92 Å². The predicted octanol–water partition coefficient (Wildman–Crippen LogP) is 0.630. The number of amides is 1. The van der Waals surface area contributed by atoms with Crippen molar-refractivity contribution < 1.29 is 14.6 Å². The van der Waals surface area contributed by atoms with Crippen LogP contribution in [-0.2, 0) is 16.1 Å². The number of carbonyl (C=O) groups is 1. The van der Waals surface area contributed by atoms with Crippen LogP contribution in [0.15, 0.2) is 17.6 Å². The quantitative estimate of drug-likeness (QED) is 0.605. The van der Waals surface area contributed by atoms with Gasteiger partial charge in [-0.3, -0.25) is 9.69 Å². The molecule has 3 heterocycles. The Bertz CT molecular complexity index is 600. The van der Waals surface area contributed by atoms with Crippen LogP contribution in [0.1, 0.15) is 18.4 Å². The number of hydrogen-bond donors (Lipinski definition) is 1. The number of thioether (sulfide) groups is 1. The Labute approximate surface area is 152 Å². The van der Waals surface area contributed by atoms with Crippen molar-refractivity contribution in [1.82, 2.24) is 19.8 Å². The van der Waals surface area contributed by atoms with Crippen molar-refractivity contribution in [1.29, 1.82) is 0 Å². The van der Waals surface area contributed by atoms with Gasteiger partial charge in [0.25, 0.3) is 0 Å². The van der Waals surface area contributed by atoms with Crippen molar-refractivity contribution in [2.24, 2.45) is 5.92 Å². The fourth-order valence-electron chi connectivity index (χ4n) is 3.74. The van der Waals surface area contributed by atoms with Crippen LogP contribution in [0.3, 0.4) is 0 Å². The van der Waals surface area contributed by atoms with Gasteiger partial charge in [-0.2, -0.15) is 0 Å². The van der Waals surface area contributed by atoms with E-state index in [1.54, 1.807) is 0 Å². The SMILES string of the molecule is COCC(=O)N1CC[C@@]2(O)CCN(Cc3cnc(SC)nc3)C[C@H]2C1. The lowest BCUT2D eigenvalue weighted by Gasteiger charge is -2.50. The van der Waals surface area contributed by atoms with Gasteiger partial charge in [0, 0.05) is 63.7 Å². The van der Waals surface area contributed by atoms with Gasteiger partial charge in [0.15, 0.2) is 5.16 Å². The average molecular weight is 366 g/mol. The first-order valence-electron chi connectivity index (χ1n) is 8.60. The lowest BCUT2D eigenvalue weighted by Crippen LogP contribution is -2.60. The summed E-state index contributed by atoms with van der Waals surface area (Å²) in [5, 5.41) is 11.7. The number of methoxy groups -OCH3 is 1. The van der Waals surface area contributed by atoms with Crippen LogP contribution in [0.5, 0.6) is 0 Å². The van der Waals surface area contributed by atoms with E-state index in [1.165, 1.54) is 18.9 Å². The molecule has 0 aromatic carbocycles. The first-order valence-corrected chi connectivity index (χ1v) is 9.83. The van der Waals surface area contributed by atoms with Gasteiger partial charge in [0.05, 0.1) is 5.60 Å². The van der Waals surface area contributed by atoms with Crippen LogP contribution < -0.4 is 0 Å². The standard InChI is InChI=1S/C17H26N4O3S/c1-24-12-15(22)21-6-4-17(23)3-5-20(10-14(17)11-21)9-13-7-18-16(25-2)19-8-13/h7-8,14,23H,3-6,9-12H2,1-2H3/t14-,17-/m0/s1. The van der Waals surface area contributed by atoms with Gasteiger partial charge >= 0.3 is 0 Å². The highest BCUT2D eigenvalue weighted by atomic mass is 32.2. The number of carbonyl (C=O) groups excluding carboxylic acids is 1. The monoisotopic (exact) mass is 366 g/mol. The van der Waals surface area contributed by atoms with Gasteiger partial charge in [0.1, 0.15) is 6.61 Å². The van der Waals surface area contributed by atoms with E-state index in [-0.39, 0.29) is 18.4 Å². The Morgan fingerprint density at radius 3 is 2.76 bits per heavy atom. The molecule has 1 N–H and O–H groups in total. The topological polar surface area (TPSA) is 78.8 Å². The molecular weight excluding hydrogens is 340 g/mol. The maximum atomic E-state index is 12.1. The minimum absolute atomic E-state index is 0.00253. The summed E-state index contributed by atoms with van der Waals surface area (Å²) in [5.74, 6) is 0.0740. The molecule has 25 heavy (non-hydrogen) atoms. The van der Waals surface area contributed by atoms with Gasteiger partial charge < -0.3 is 14.7 Å². The van der Waals surface area contributed by atoms with E-state index in [0.717, 1.165) is 36.8 Å². The van der Waals surface area contributed by atoms with Gasteiger partial charge in [0.2, 0.25) is 5.91 Å². The first-order chi connectivity index (χ1) is 12.0. The number of aromatic nitrogens is 2. The number of hydrogen-bond acceptors (Lipinski definition) is 7. The van der Waals surface area contributed by atoms with Crippen molar-refractivity contribution in [3.05, 3.63) is 18.0 Å². The first kappa shape index (κ1) is 18.6. The molecule has 0 bridgehead atoms. The minimum atomic E-state index is -0.653. The third kappa shape index (κ3) is 4.31. The van der Waals surface area contributed by atoms with E-state index in [4.69, 9.17) is 4.74 Å². The van der Waals surface area contributed by atoms with Gasteiger partial charge in [-0.15, -0.1) is 0 Å². The van der Waals surface area contributed by atoms with Gasteiger partial charge in [-0.25, -0.2) is 9.97 Å². The summed E-state index contributed by atoms with van der Waals surface area (Å²) >= 11 is 1.53. The second-order valence-corrected chi connectivity index (χ2v) is 7.66. The molecule has 0 aliphatic carbocycles. The molecule has 0 saturated carbocycles. The summed E-state index contributed by atoms with van der Waals surface area (Å²) in [6, 6.07) is 0. The number of rotatable bonds is 5. The average Bonchev–Trinajstić information content (AvgIpc) is 2.62. The lowest BCUT2D eigenvalue weighted by molar-refractivity contribution is -0.150. The molecule has 3 rings (SSSR count). The molecule has 0 unspecified atom stereocenters. The van der Waals surface area contributed by atoms with Crippen molar-refractivity contribution in [2.75, 3.05) is 46.2 Å². The number of aliphatic hydroxyl groups is 1. The zero-order valence-electron chi connectivity index (χ0n) is 14.8. The Balaban J connectivity index is 1.61. The Hall–Kier alpha value is -1.22. The molecule has 0 radical (unpaired) electrons. The van der Waals surface area contributed by atoms with Crippen LogP contribution in [0.4, 0.5) is 0 Å². The highest BCUT2D eigenvalue weighted by Gasteiger charge is 2.45. The van der Waals surface area contributed by atoms with Crippen molar-refractivity contribution in [3.63, 3.8) is 0 Å². The van der Waals surface area contributed by atoms with Crippen LogP contribution in [0.2, 0.25) is 0 Å². The molecule has 0 spiro atoms. The Morgan fingerprint density at radius 1 is 1.36 bits per heavy atom. The minimum Gasteiger partial charge on any atom is -0.389 e. The fourth-order valence-corrected chi connectivity index (χ4v) is 4.06. The Morgan fingerprint density at radius 2 is 2.08 bits per heavy atom. The molecule has 1 amide bonds. The van der Waals surface area contributed by atoms with Gasteiger partial charge in [-0.05, 0) is 19.1 Å². The van der Waals surface area contributed by atoms with Crippen molar-refractivity contribution in [3.8, 4) is 0 Å². The van der Waals surface area contributed by atoms with Crippen molar-refractivity contribution >= 4 is 17.7 Å². The third-order valence-corrected chi connectivity index (χ3v) is 5.82. The molecule has 2 aliphatic rings. The molecule has 138 valence electrons. The number of likely N-dealkylation sites (tertiary alicyclic amines) is 2. The maximum absolute atomic E-state index is 12.1. The van der Waals surface area contributed by atoms with Crippen LogP contribution in [0.25, 0.3) is 0 Å². The Kier molecular flexibility index (Phi) is 5.93. The molecule has 2 atom stereocenters. The highest BCUT2D eigenvalue weighted by molar-refractivity contribution is 7.98. The summed E-state index contributed by atoms with van der Waals surface area (Å²) < 4.78 is 4.96. The highest BCUT2D eigenvalue weighted by Crippen LogP contribution is 2.35. The van der Waals surface area contributed by atoms with E-state index >= 15 is 0 Å². The van der Waals surface area contributed by atoms with E-state index < -0.39 is 5.60 Å². The van der Waals surface area contributed by atoms with E-state index in [0.29, 0.717) is 19.5 Å². The summed E-state index contributed by atoms with van der Waals surface area (Å²) in [4.78, 5) is 24.9. The number of ether oxygens (including phenoxy) is 1. The van der Waals surface area contributed by atoms with E-state index in [2.05, 4.69) is 14.9 Å². The molecule has 1 aromatic rings. The zero-order chi connectivity index (χ0) is 17.9. The molecule has 2 aliphatic heterocycles. The number of fused-ring (bicyclic) bond motifs is 1. The predicted molar refractivity (Wildman–Crippen MR) is 95.2 cm³/mol. The maximum Gasteiger partial charge on any atom is 0.248 e. The van der Waals surface area contributed by atoms with Gasteiger partial charge in [-0.1, -0.05) is 11.8 Å². The molecule has 7 nitrogen and oxygen atoms in total. The van der Waals surface area contributed by atoms with Crippen LogP contribution in [-0.4, -0.2) is 82.5 Å². The third-order valence-electron chi connectivity index (χ3n) is 5.25. The zero-order valence-corrected chi connectivity index (χ0v) is 15.7. The number of nitrogens with zero attached hydrogens (tertiary/aromatic N) is 4. The fraction of sp³-hybridized carbons (Fsp3) is 0.706.